The van der Waals surface area contributed by atoms with Crippen molar-refractivity contribution in [3.8, 4) is 0 Å². The summed E-state index contributed by atoms with van der Waals surface area (Å²) in [7, 11) is 0. The third kappa shape index (κ3) is 1.98. The second-order valence-electron chi connectivity index (χ2n) is 5.64. The number of carboxylic acids is 1. The van der Waals surface area contributed by atoms with Gasteiger partial charge in [0.2, 0.25) is 5.91 Å². The summed E-state index contributed by atoms with van der Waals surface area (Å²) in [6.45, 7) is 3.82. The highest BCUT2D eigenvalue weighted by Gasteiger charge is 2.40. The Balaban J connectivity index is 1.92. The predicted octanol–water partition coefficient (Wildman–Crippen LogP) is 1.06. The van der Waals surface area contributed by atoms with E-state index >= 15 is 0 Å². The number of carboxylic acid groups (broad SMARTS) is 1. The Morgan fingerprint density at radius 3 is 2.70 bits per heavy atom. The minimum atomic E-state index is -0.870. The molecule has 1 amide bonds. The number of fused-ring (bicyclic) bond motifs is 1. The number of benzene rings is 1. The highest BCUT2D eigenvalue weighted by atomic mass is 16.4. The zero-order valence-corrected chi connectivity index (χ0v) is 11.4. The number of aliphatic carboxylic acids is 1. The zero-order valence-electron chi connectivity index (χ0n) is 11.4. The van der Waals surface area contributed by atoms with Crippen LogP contribution in [-0.2, 0) is 9.59 Å². The number of rotatable bonds is 2. The summed E-state index contributed by atoms with van der Waals surface area (Å²) in [5.41, 5.74) is 1.50. The fourth-order valence-electron chi connectivity index (χ4n) is 3.17. The van der Waals surface area contributed by atoms with Gasteiger partial charge < -0.3 is 15.3 Å². The van der Waals surface area contributed by atoms with Crippen LogP contribution in [0.1, 0.15) is 18.4 Å². The van der Waals surface area contributed by atoms with E-state index in [0.29, 0.717) is 12.5 Å². The van der Waals surface area contributed by atoms with Crippen molar-refractivity contribution in [1.29, 1.82) is 0 Å². The van der Waals surface area contributed by atoms with Crippen molar-refractivity contribution in [2.75, 3.05) is 24.5 Å². The van der Waals surface area contributed by atoms with E-state index in [-0.39, 0.29) is 18.4 Å². The molecular weight excluding hydrogens is 256 g/mol. The van der Waals surface area contributed by atoms with Crippen molar-refractivity contribution in [3.05, 3.63) is 29.8 Å². The number of hydrogen-bond donors (Lipinski definition) is 2. The number of amides is 1. The highest BCUT2D eigenvalue weighted by Crippen LogP contribution is 2.37. The first kappa shape index (κ1) is 13.1. The fourth-order valence-corrected chi connectivity index (χ4v) is 3.17. The number of nitrogens with one attached hydrogen (secondary N) is 1. The maximum atomic E-state index is 12.7. The Morgan fingerprint density at radius 2 is 2.05 bits per heavy atom. The summed E-state index contributed by atoms with van der Waals surface area (Å²) >= 11 is 0. The summed E-state index contributed by atoms with van der Waals surface area (Å²) in [6.07, 6.45) is 0. The Hall–Kier alpha value is -1.88. The number of carbonyl (C=O) groups is 2. The van der Waals surface area contributed by atoms with Gasteiger partial charge in [-0.15, -0.1) is 0 Å². The molecule has 5 heteroatoms. The van der Waals surface area contributed by atoms with Gasteiger partial charge in [-0.2, -0.15) is 0 Å². The second-order valence-corrected chi connectivity index (χ2v) is 5.64. The van der Waals surface area contributed by atoms with Gasteiger partial charge in [-0.25, -0.2) is 0 Å². The normalized spacial score (nSPS) is 28.4. The highest BCUT2D eigenvalue weighted by molar-refractivity contribution is 6.00. The fraction of sp³-hybridized carbons (Fsp3) is 0.467. The number of carbonyl (C=O) groups excluding carboxylic acids is 1. The van der Waals surface area contributed by atoms with Crippen molar-refractivity contribution in [2.45, 2.75) is 12.8 Å². The van der Waals surface area contributed by atoms with Gasteiger partial charge >= 0.3 is 5.97 Å². The van der Waals surface area contributed by atoms with Crippen molar-refractivity contribution in [3.63, 3.8) is 0 Å². The largest absolute Gasteiger partial charge is 0.481 e. The second kappa shape index (κ2) is 4.90. The van der Waals surface area contributed by atoms with Crippen LogP contribution >= 0.6 is 0 Å². The number of para-hydroxylation sites is 1. The monoisotopic (exact) mass is 274 g/mol. The molecule has 0 aliphatic carbocycles. The molecule has 20 heavy (non-hydrogen) atoms. The lowest BCUT2D eigenvalue weighted by Gasteiger charge is -2.23. The zero-order chi connectivity index (χ0) is 14.3. The van der Waals surface area contributed by atoms with Crippen LogP contribution in [-0.4, -0.2) is 36.6 Å². The Labute approximate surface area is 117 Å². The minimum absolute atomic E-state index is 0.0405. The summed E-state index contributed by atoms with van der Waals surface area (Å²) < 4.78 is 0. The van der Waals surface area contributed by atoms with Gasteiger partial charge in [0.25, 0.3) is 0 Å². The van der Waals surface area contributed by atoms with Crippen LogP contribution in [0.25, 0.3) is 0 Å². The van der Waals surface area contributed by atoms with Gasteiger partial charge in [-0.1, -0.05) is 25.1 Å². The molecule has 0 aromatic heterocycles. The molecule has 3 unspecified atom stereocenters. The summed E-state index contributed by atoms with van der Waals surface area (Å²) in [5, 5.41) is 12.5. The van der Waals surface area contributed by atoms with E-state index in [1.165, 1.54) is 0 Å². The molecule has 0 bridgehead atoms. The average Bonchev–Trinajstić information content (AvgIpc) is 3.01. The lowest BCUT2D eigenvalue weighted by atomic mass is 9.96. The third-order valence-electron chi connectivity index (χ3n) is 4.37. The van der Waals surface area contributed by atoms with Gasteiger partial charge in [-0.05, 0) is 24.1 Å². The lowest BCUT2D eigenvalue weighted by Crippen LogP contribution is -2.38. The van der Waals surface area contributed by atoms with Gasteiger partial charge in [0, 0.05) is 18.8 Å². The van der Waals surface area contributed by atoms with E-state index in [2.05, 4.69) is 12.2 Å². The van der Waals surface area contributed by atoms with Gasteiger partial charge in [0.05, 0.1) is 5.92 Å². The third-order valence-corrected chi connectivity index (χ3v) is 4.37. The molecule has 0 saturated carbocycles. The molecule has 0 radical (unpaired) electrons. The molecule has 3 rings (SSSR count). The van der Waals surface area contributed by atoms with Gasteiger partial charge in [0.1, 0.15) is 5.92 Å². The van der Waals surface area contributed by atoms with Gasteiger partial charge in [-0.3, -0.25) is 9.59 Å². The topological polar surface area (TPSA) is 69.6 Å². The first-order valence-electron chi connectivity index (χ1n) is 6.93. The predicted molar refractivity (Wildman–Crippen MR) is 74.7 cm³/mol. The number of hydrogen-bond acceptors (Lipinski definition) is 3. The summed E-state index contributed by atoms with van der Waals surface area (Å²) in [4.78, 5) is 25.7. The number of anilines is 1. The average molecular weight is 274 g/mol. The molecule has 3 atom stereocenters. The minimum Gasteiger partial charge on any atom is -0.481 e. The Bertz CT molecular complexity index is 558. The lowest BCUT2D eigenvalue weighted by molar-refractivity contribution is -0.138. The van der Waals surface area contributed by atoms with Crippen molar-refractivity contribution in [1.82, 2.24) is 5.32 Å². The molecule has 106 valence electrons. The van der Waals surface area contributed by atoms with Crippen molar-refractivity contribution in [2.24, 2.45) is 11.8 Å². The first-order chi connectivity index (χ1) is 9.59. The van der Waals surface area contributed by atoms with Gasteiger partial charge in [0.15, 0.2) is 0 Å². The summed E-state index contributed by atoms with van der Waals surface area (Å²) in [5.74, 6) is -1.21. The van der Waals surface area contributed by atoms with Crippen LogP contribution in [0.5, 0.6) is 0 Å². The Kier molecular flexibility index (Phi) is 3.22. The van der Waals surface area contributed by atoms with E-state index in [9.17, 15) is 14.7 Å². The molecule has 5 nitrogen and oxygen atoms in total. The van der Waals surface area contributed by atoms with Crippen LogP contribution in [0.3, 0.4) is 0 Å². The molecule has 1 saturated heterocycles. The standard InChI is InChI=1S/C15H18N2O3/c1-9-6-16-7-11(9)14(18)17-8-12(15(19)20)10-4-2-3-5-13(10)17/h2-5,9,11-12,16H,6-8H2,1H3,(H,19,20). The van der Waals surface area contributed by atoms with E-state index in [4.69, 9.17) is 0 Å². The Morgan fingerprint density at radius 1 is 1.30 bits per heavy atom. The first-order valence-corrected chi connectivity index (χ1v) is 6.93. The van der Waals surface area contributed by atoms with Crippen LogP contribution < -0.4 is 10.2 Å². The maximum absolute atomic E-state index is 12.7. The molecule has 1 fully saturated rings. The molecule has 0 spiro atoms. The maximum Gasteiger partial charge on any atom is 0.312 e. The van der Waals surface area contributed by atoms with E-state index in [0.717, 1.165) is 17.8 Å². The molecule has 2 aliphatic rings. The van der Waals surface area contributed by atoms with E-state index in [1.54, 1.807) is 11.0 Å². The SMILES string of the molecule is CC1CNCC1C(=O)N1CC(C(=O)O)c2ccccc21. The molecular formula is C15H18N2O3. The van der Waals surface area contributed by atoms with Crippen LogP contribution in [0.2, 0.25) is 0 Å². The molecule has 1 aromatic rings. The molecule has 2 aliphatic heterocycles. The quantitative estimate of drug-likeness (QED) is 0.846. The summed E-state index contributed by atoms with van der Waals surface area (Å²) in [6, 6.07) is 7.31. The van der Waals surface area contributed by atoms with Crippen LogP contribution in [0.15, 0.2) is 24.3 Å². The van der Waals surface area contributed by atoms with E-state index in [1.807, 2.05) is 18.2 Å². The molecule has 2 heterocycles. The molecule has 1 aromatic carbocycles. The van der Waals surface area contributed by atoms with Crippen LogP contribution in [0.4, 0.5) is 5.69 Å². The smallest absolute Gasteiger partial charge is 0.312 e. The molecule has 2 N–H and O–H groups in total. The van der Waals surface area contributed by atoms with Crippen LogP contribution in [0, 0.1) is 11.8 Å². The number of nitrogens with zero attached hydrogens (tertiary/aromatic N) is 1. The van der Waals surface area contributed by atoms with Crippen molar-refractivity contribution < 1.29 is 14.7 Å². The van der Waals surface area contributed by atoms with E-state index < -0.39 is 11.9 Å². The van der Waals surface area contributed by atoms with Crippen molar-refractivity contribution >= 4 is 17.6 Å².